The van der Waals surface area contributed by atoms with Crippen LogP contribution in [0.1, 0.15) is 23.1 Å². The smallest absolute Gasteiger partial charge is 0.406 e. The van der Waals surface area contributed by atoms with Gasteiger partial charge in [0.15, 0.2) is 5.78 Å². The second-order valence-corrected chi connectivity index (χ2v) is 4.16. The Kier molecular flexibility index (Phi) is 4.25. The van der Waals surface area contributed by atoms with Gasteiger partial charge in [0.25, 0.3) is 0 Å². The molecule has 112 valence electrons. The van der Waals surface area contributed by atoms with Crippen LogP contribution in [0.5, 0.6) is 5.75 Å². The van der Waals surface area contributed by atoms with Crippen LogP contribution < -0.4 is 4.74 Å². The zero-order chi connectivity index (χ0) is 15.5. The standard InChI is InChI=1S/C13H12F3N3O2/c1-2-19-12(17-8-18-19)7-11(20)9-3-5-10(6-4-9)21-13(14,15)16/h3-6,8H,2,7H2,1H3. The normalized spacial score (nSPS) is 11.4. The number of ether oxygens (including phenoxy) is 1. The van der Waals surface area contributed by atoms with Crippen molar-refractivity contribution in [3.8, 4) is 5.75 Å². The quantitative estimate of drug-likeness (QED) is 0.796. The molecule has 0 saturated heterocycles. The number of benzene rings is 1. The predicted molar refractivity (Wildman–Crippen MR) is 66.9 cm³/mol. The second kappa shape index (κ2) is 5.94. The van der Waals surface area contributed by atoms with Crippen LogP contribution in [-0.4, -0.2) is 26.9 Å². The lowest BCUT2D eigenvalue weighted by Crippen LogP contribution is -2.17. The van der Waals surface area contributed by atoms with Gasteiger partial charge in [0.05, 0.1) is 6.42 Å². The number of carbonyl (C=O) groups excluding carboxylic acids is 1. The highest BCUT2D eigenvalue weighted by molar-refractivity contribution is 5.97. The van der Waals surface area contributed by atoms with Crippen molar-refractivity contribution in [2.75, 3.05) is 0 Å². The first-order valence-electron chi connectivity index (χ1n) is 6.14. The molecule has 0 saturated carbocycles. The zero-order valence-corrected chi connectivity index (χ0v) is 11.1. The number of aryl methyl sites for hydroxylation is 1. The summed E-state index contributed by atoms with van der Waals surface area (Å²) in [7, 11) is 0. The third-order valence-corrected chi connectivity index (χ3v) is 2.72. The van der Waals surface area contributed by atoms with E-state index in [1.807, 2.05) is 6.92 Å². The molecule has 0 fully saturated rings. The van der Waals surface area contributed by atoms with E-state index in [0.29, 0.717) is 12.4 Å². The van der Waals surface area contributed by atoms with Crippen LogP contribution in [0.25, 0.3) is 0 Å². The molecule has 1 aromatic carbocycles. The molecule has 0 radical (unpaired) electrons. The van der Waals surface area contributed by atoms with Crippen LogP contribution in [0.3, 0.4) is 0 Å². The summed E-state index contributed by atoms with van der Waals surface area (Å²) in [6, 6.07) is 4.78. The Morgan fingerprint density at radius 1 is 1.29 bits per heavy atom. The Morgan fingerprint density at radius 3 is 2.52 bits per heavy atom. The summed E-state index contributed by atoms with van der Waals surface area (Å²) >= 11 is 0. The molecule has 0 aliphatic heterocycles. The molecule has 1 aromatic heterocycles. The maximum Gasteiger partial charge on any atom is 0.573 e. The minimum absolute atomic E-state index is 0.0350. The molecule has 0 atom stereocenters. The van der Waals surface area contributed by atoms with Crippen LogP contribution in [0.15, 0.2) is 30.6 Å². The number of alkyl halides is 3. The van der Waals surface area contributed by atoms with Crippen molar-refractivity contribution in [3.63, 3.8) is 0 Å². The molecule has 2 rings (SSSR count). The Morgan fingerprint density at radius 2 is 1.95 bits per heavy atom. The van der Waals surface area contributed by atoms with Crippen molar-refractivity contribution in [1.82, 2.24) is 14.8 Å². The maximum absolute atomic E-state index is 12.0. The highest BCUT2D eigenvalue weighted by Crippen LogP contribution is 2.23. The Bertz CT molecular complexity index is 620. The van der Waals surface area contributed by atoms with Crippen molar-refractivity contribution in [1.29, 1.82) is 0 Å². The number of hydrogen-bond donors (Lipinski definition) is 0. The van der Waals surface area contributed by atoms with Gasteiger partial charge in [-0.15, -0.1) is 13.2 Å². The molecular formula is C13H12F3N3O2. The lowest BCUT2D eigenvalue weighted by atomic mass is 10.1. The third kappa shape index (κ3) is 4.04. The van der Waals surface area contributed by atoms with E-state index < -0.39 is 6.36 Å². The fraction of sp³-hybridized carbons (Fsp3) is 0.308. The summed E-state index contributed by atoms with van der Waals surface area (Å²) in [5.74, 6) is -0.106. The van der Waals surface area contributed by atoms with E-state index in [1.165, 1.54) is 18.5 Å². The van der Waals surface area contributed by atoms with E-state index in [2.05, 4.69) is 14.8 Å². The number of rotatable bonds is 5. The summed E-state index contributed by atoms with van der Waals surface area (Å²) in [5, 5.41) is 3.94. The molecule has 21 heavy (non-hydrogen) atoms. The monoisotopic (exact) mass is 299 g/mol. The van der Waals surface area contributed by atoms with Crippen LogP contribution >= 0.6 is 0 Å². The number of ketones is 1. The summed E-state index contributed by atoms with van der Waals surface area (Å²) in [6.07, 6.45) is -3.36. The number of carbonyl (C=O) groups is 1. The van der Waals surface area contributed by atoms with E-state index in [0.717, 1.165) is 12.1 Å². The molecular weight excluding hydrogens is 287 g/mol. The number of nitrogens with zero attached hydrogens (tertiary/aromatic N) is 3. The minimum atomic E-state index is -4.75. The summed E-state index contributed by atoms with van der Waals surface area (Å²) < 4.78 is 41.4. The molecule has 2 aromatic rings. The van der Waals surface area contributed by atoms with E-state index >= 15 is 0 Å². The molecule has 1 heterocycles. The molecule has 0 aliphatic rings. The third-order valence-electron chi connectivity index (χ3n) is 2.72. The van der Waals surface area contributed by atoms with Gasteiger partial charge in [-0.3, -0.25) is 4.79 Å². The highest BCUT2D eigenvalue weighted by Gasteiger charge is 2.31. The van der Waals surface area contributed by atoms with Crippen molar-refractivity contribution in [2.24, 2.45) is 0 Å². The number of halogens is 3. The van der Waals surface area contributed by atoms with E-state index in [1.54, 1.807) is 4.68 Å². The second-order valence-electron chi connectivity index (χ2n) is 4.16. The summed E-state index contributed by atoms with van der Waals surface area (Å²) in [4.78, 5) is 16.0. The molecule has 8 heteroatoms. The number of Topliss-reactive ketones (excluding diaryl/α,β-unsaturated/α-hetero) is 1. The molecule has 0 bridgehead atoms. The topological polar surface area (TPSA) is 57.0 Å². The zero-order valence-electron chi connectivity index (χ0n) is 11.1. The fourth-order valence-corrected chi connectivity index (χ4v) is 1.78. The van der Waals surface area contributed by atoms with Crippen LogP contribution in [0.4, 0.5) is 13.2 Å². The Hall–Kier alpha value is -2.38. The van der Waals surface area contributed by atoms with Gasteiger partial charge >= 0.3 is 6.36 Å². The first-order valence-corrected chi connectivity index (χ1v) is 6.14. The summed E-state index contributed by atoms with van der Waals surface area (Å²) in [6.45, 7) is 2.45. The average Bonchev–Trinajstić information content (AvgIpc) is 2.85. The van der Waals surface area contributed by atoms with Crippen molar-refractivity contribution in [2.45, 2.75) is 26.3 Å². The van der Waals surface area contributed by atoms with Gasteiger partial charge in [-0.25, -0.2) is 9.67 Å². The highest BCUT2D eigenvalue weighted by atomic mass is 19.4. The van der Waals surface area contributed by atoms with E-state index in [9.17, 15) is 18.0 Å². The van der Waals surface area contributed by atoms with Gasteiger partial charge < -0.3 is 4.74 Å². The predicted octanol–water partition coefficient (Wildman–Crippen LogP) is 2.62. The van der Waals surface area contributed by atoms with Gasteiger partial charge in [-0.05, 0) is 31.2 Å². The first-order chi connectivity index (χ1) is 9.89. The Labute approximate surface area is 118 Å². The molecule has 0 amide bonds. The lowest BCUT2D eigenvalue weighted by Gasteiger charge is -2.09. The van der Waals surface area contributed by atoms with Crippen molar-refractivity contribution >= 4 is 5.78 Å². The maximum atomic E-state index is 12.0. The molecule has 0 N–H and O–H groups in total. The Balaban J connectivity index is 2.06. The van der Waals surface area contributed by atoms with Gasteiger partial charge in [-0.2, -0.15) is 5.10 Å². The number of aromatic nitrogens is 3. The van der Waals surface area contributed by atoms with Crippen molar-refractivity contribution < 1.29 is 22.7 Å². The van der Waals surface area contributed by atoms with Crippen LogP contribution in [0.2, 0.25) is 0 Å². The first kappa shape index (κ1) is 15.0. The largest absolute Gasteiger partial charge is 0.573 e. The van der Waals surface area contributed by atoms with Gasteiger partial charge in [0.2, 0.25) is 0 Å². The molecule has 0 spiro atoms. The van der Waals surface area contributed by atoms with E-state index in [4.69, 9.17) is 0 Å². The van der Waals surface area contributed by atoms with Gasteiger partial charge in [0, 0.05) is 12.1 Å². The van der Waals surface area contributed by atoms with E-state index in [-0.39, 0.29) is 23.5 Å². The van der Waals surface area contributed by atoms with Crippen LogP contribution in [-0.2, 0) is 13.0 Å². The molecule has 0 unspecified atom stereocenters. The van der Waals surface area contributed by atoms with Gasteiger partial charge in [-0.1, -0.05) is 0 Å². The van der Waals surface area contributed by atoms with Crippen LogP contribution in [0, 0.1) is 0 Å². The minimum Gasteiger partial charge on any atom is -0.406 e. The molecule has 5 nitrogen and oxygen atoms in total. The number of hydrogen-bond acceptors (Lipinski definition) is 4. The van der Waals surface area contributed by atoms with Gasteiger partial charge in [0.1, 0.15) is 17.9 Å². The average molecular weight is 299 g/mol. The fourth-order valence-electron chi connectivity index (χ4n) is 1.78. The lowest BCUT2D eigenvalue weighted by molar-refractivity contribution is -0.274. The molecule has 0 aliphatic carbocycles. The van der Waals surface area contributed by atoms with Crippen molar-refractivity contribution in [3.05, 3.63) is 42.0 Å². The SMILES string of the molecule is CCn1ncnc1CC(=O)c1ccc(OC(F)(F)F)cc1. The summed E-state index contributed by atoms with van der Waals surface area (Å²) in [5.41, 5.74) is 0.287.